The minimum atomic E-state index is -0.271. The van der Waals surface area contributed by atoms with Gasteiger partial charge in [0.05, 0.1) is 10.9 Å². The van der Waals surface area contributed by atoms with Gasteiger partial charge in [0.1, 0.15) is 6.33 Å². The monoisotopic (exact) mass is 366 g/mol. The van der Waals surface area contributed by atoms with Gasteiger partial charge in [-0.25, -0.2) is 0 Å². The summed E-state index contributed by atoms with van der Waals surface area (Å²) in [6.07, 6.45) is 1.69. The molecule has 1 unspecified atom stereocenters. The summed E-state index contributed by atoms with van der Waals surface area (Å²) in [6, 6.07) is 16.1. The van der Waals surface area contributed by atoms with Crippen LogP contribution >= 0.6 is 11.8 Å². The lowest BCUT2D eigenvalue weighted by Gasteiger charge is -2.14. The highest BCUT2D eigenvalue weighted by molar-refractivity contribution is 8.00. The first-order valence-electron chi connectivity index (χ1n) is 8.50. The maximum absolute atomic E-state index is 12.4. The van der Waals surface area contributed by atoms with Crippen molar-refractivity contribution in [1.29, 1.82) is 0 Å². The molecule has 3 aromatic rings. The Hall–Kier alpha value is -2.60. The number of aromatic nitrogens is 3. The smallest absolute Gasteiger partial charge is 0.233 e. The first-order chi connectivity index (χ1) is 12.5. The van der Waals surface area contributed by atoms with Gasteiger partial charge in [0.15, 0.2) is 5.16 Å². The Morgan fingerprint density at radius 3 is 2.69 bits per heavy atom. The summed E-state index contributed by atoms with van der Waals surface area (Å²) in [6.45, 7) is 6.53. The molecule has 1 amide bonds. The molecular formula is C20H22N4OS. The van der Waals surface area contributed by atoms with Gasteiger partial charge in [0.2, 0.25) is 5.91 Å². The lowest BCUT2D eigenvalue weighted by Crippen LogP contribution is -2.30. The molecule has 0 saturated heterocycles. The highest BCUT2D eigenvalue weighted by Gasteiger charge is 2.18. The van der Waals surface area contributed by atoms with Crippen molar-refractivity contribution in [3.63, 3.8) is 0 Å². The average Bonchev–Trinajstić information content (AvgIpc) is 3.08. The molecule has 1 N–H and O–H groups in total. The van der Waals surface area contributed by atoms with Gasteiger partial charge in [0.25, 0.3) is 0 Å². The van der Waals surface area contributed by atoms with Crippen LogP contribution in [0.25, 0.3) is 5.69 Å². The van der Waals surface area contributed by atoms with Crippen LogP contribution in [0.4, 0.5) is 0 Å². The molecule has 0 radical (unpaired) electrons. The number of carbonyl (C=O) groups excluding carboxylic acids is 1. The standard InChI is InChI=1S/C20H22N4OS/c1-14-9-10-18(15(2)11-14)24-13-22-23-20(24)26-16(3)19(25)21-12-17-7-5-4-6-8-17/h4-11,13,16H,12H2,1-3H3,(H,21,25). The first-order valence-corrected chi connectivity index (χ1v) is 9.38. The van der Waals surface area contributed by atoms with Crippen LogP contribution in [0.3, 0.4) is 0 Å². The number of nitrogens with one attached hydrogen (secondary N) is 1. The third-order valence-electron chi connectivity index (χ3n) is 4.09. The summed E-state index contributed by atoms with van der Waals surface area (Å²) < 4.78 is 1.93. The number of amides is 1. The maximum Gasteiger partial charge on any atom is 0.233 e. The second-order valence-electron chi connectivity index (χ2n) is 6.24. The molecule has 0 aliphatic carbocycles. The highest BCUT2D eigenvalue weighted by Crippen LogP contribution is 2.25. The Bertz CT molecular complexity index is 892. The molecule has 2 aromatic carbocycles. The maximum atomic E-state index is 12.4. The molecule has 0 aliphatic heterocycles. The van der Waals surface area contributed by atoms with Crippen molar-refractivity contribution in [3.05, 3.63) is 71.5 Å². The van der Waals surface area contributed by atoms with Crippen molar-refractivity contribution in [2.45, 2.75) is 37.7 Å². The summed E-state index contributed by atoms with van der Waals surface area (Å²) in [5, 5.41) is 11.6. The number of aryl methyl sites for hydroxylation is 2. The van der Waals surface area contributed by atoms with Crippen molar-refractivity contribution in [2.24, 2.45) is 0 Å². The van der Waals surface area contributed by atoms with Crippen molar-refractivity contribution in [3.8, 4) is 5.69 Å². The number of hydrogen-bond donors (Lipinski definition) is 1. The Balaban J connectivity index is 1.67. The van der Waals surface area contributed by atoms with Crippen LogP contribution in [0.1, 0.15) is 23.6 Å². The van der Waals surface area contributed by atoms with Crippen LogP contribution in [-0.4, -0.2) is 25.9 Å². The van der Waals surface area contributed by atoms with Gasteiger partial charge in [-0.15, -0.1) is 10.2 Å². The molecule has 0 aliphatic rings. The van der Waals surface area contributed by atoms with Crippen LogP contribution in [0.2, 0.25) is 0 Å². The zero-order valence-electron chi connectivity index (χ0n) is 15.1. The van der Waals surface area contributed by atoms with Gasteiger partial charge < -0.3 is 5.32 Å². The van der Waals surface area contributed by atoms with Crippen LogP contribution in [0.15, 0.2) is 60.0 Å². The molecule has 0 spiro atoms. The SMILES string of the molecule is Cc1ccc(-n2cnnc2SC(C)C(=O)NCc2ccccc2)c(C)c1. The predicted octanol–water partition coefficient (Wildman–Crippen LogP) is 3.68. The third-order valence-corrected chi connectivity index (χ3v) is 5.15. The molecule has 26 heavy (non-hydrogen) atoms. The zero-order chi connectivity index (χ0) is 18.5. The number of benzene rings is 2. The number of hydrogen-bond acceptors (Lipinski definition) is 4. The van der Waals surface area contributed by atoms with Gasteiger partial charge in [-0.1, -0.05) is 59.8 Å². The second-order valence-corrected chi connectivity index (χ2v) is 7.54. The molecule has 1 heterocycles. The van der Waals surface area contributed by atoms with Crippen LogP contribution < -0.4 is 5.32 Å². The number of thioether (sulfide) groups is 1. The van der Waals surface area contributed by atoms with E-state index in [1.165, 1.54) is 17.3 Å². The molecule has 5 nitrogen and oxygen atoms in total. The van der Waals surface area contributed by atoms with E-state index in [9.17, 15) is 4.79 Å². The topological polar surface area (TPSA) is 59.8 Å². The molecule has 134 valence electrons. The predicted molar refractivity (Wildman–Crippen MR) is 104 cm³/mol. The van der Waals surface area contributed by atoms with Crippen molar-refractivity contribution in [1.82, 2.24) is 20.1 Å². The Labute approximate surface area is 157 Å². The van der Waals surface area contributed by atoms with E-state index in [0.717, 1.165) is 16.8 Å². The molecule has 1 atom stereocenters. The summed E-state index contributed by atoms with van der Waals surface area (Å²) in [4.78, 5) is 12.4. The Kier molecular flexibility index (Phi) is 5.73. The van der Waals surface area contributed by atoms with E-state index in [1.807, 2.05) is 41.8 Å². The number of carbonyl (C=O) groups is 1. The molecule has 0 bridgehead atoms. The van der Waals surface area contributed by atoms with Crippen LogP contribution in [0, 0.1) is 13.8 Å². The van der Waals surface area contributed by atoms with E-state index < -0.39 is 0 Å². The van der Waals surface area contributed by atoms with Gasteiger partial charge in [0, 0.05) is 6.54 Å². The van der Waals surface area contributed by atoms with E-state index in [1.54, 1.807) is 6.33 Å². The number of rotatable bonds is 6. The summed E-state index contributed by atoms with van der Waals surface area (Å²) in [5.74, 6) is -0.0194. The van der Waals surface area contributed by atoms with Gasteiger partial charge >= 0.3 is 0 Å². The molecular weight excluding hydrogens is 344 g/mol. The number of nitrogens with zero attached hydrogens (tertiary/aromatic N) is 3. The van der Waals surface area contributed by atoms with Gasteiger partial charge in [-0.3, -0.25) is 9.36 Å². The van der Waals surface area contributed by atoms with Crippen LogP contribution in [0.5, 0.6) is 0 Å². The largest absolute Gasteiger partial charge is 0.351 e. The van der Waals surface area contributed by atoms with Crippen molar-refractivity contribution < 1.29 is 4.79 Å². The lowest BCUT2D eigenvalue weighted by atomic mass is 10.1. The summed E-state index contributed by atoms with van der Waals surface area (Å²) >= 11 is 1.41. The minimum absolute atomic E-state index is 0.0194. The van der Waals surface area contributed by atoms with E-state index in [-0.39, 0.29) is 11.2 Å². The fourth-order valence-corrected chi connectivity index (χ4v) is 3.55. The second kappa shape index (κ2) is 8.19. The Morgan fingerprint density at radius 1 is 1.19 bits per heavy atom. The van der Waals surface area contributed by atoms with Gasteiger partial charge in [-0.05, 0) is 38.0 Å². The zero-order valence-corrected chi connectivity index (χ0v) is 16.0. The summed E-state index contributed by atoms with van der Waals surface area (Å²) in [7, 11) is 0. The molecule has 0 saturated carbocycles. The fourth-order valence-electron chi connectivity index (χ4n) is 2.69. The van der Waals surface area contributed by atoms with Crippen molar-refractivity contribution in [2.75, 3.05) is 0 Å². The van der Waals surface area contributed by atoms with Gasteiger partial charge in [-0.2, -0.15) is 0 Å². The van der Waals surface area contributed by atoms with Crippen LogP contribution in [-0.2, 0) is 11.3 Å². The highest BCUT2D eigenvalue weighted by atomic mass is 32.2. The van der Waals surface area contributed by atoms with E-state index in [2.05, 4.69) is 47.6 Å². The quantitative estimate of drug-likeness (QED) is 0.676. The lowest BCUT2D eigenvalue weighted by molar-refractivity contribution is -0.120. The fraction of sp³-hybridized carbons (Fsp3) is 0.250. The Morgan fingerprint density at radius 2 is 1.96 bits per heavy atom. The van der Waals surface area contributed by atoms with E-state index >= 15 is 0 Å². The molecule has 3 rings (SSSR count). The van der Waals surface area contributed by atoms with Crippen molar-refractivity contribution >= 4 is 17.7 Å². The summed E-state index contributed by atoms with van der Waals surface area (Å²) in [5.41, 5.74) is 4.46. The normalized spacial score (nSPS) is 12.0. The van der Waals surface area contributed by atoms with E-state index in [4.69, 9.17) is 0 Å². The third kappa shape index (κ3) is 4.32. The first kappa shape index (κ1) is 18.2. The minimum Gasteiger partial charge on any atom is -0.351 e. The molecule has 6 heteroatoms. The molecule has 0 fully saturated rings. The average molecular weight is 366 g/mol. The van der Waals surface area contributed by atoms with E-state index in [0.29, 0.717) is 11.7 Å². The molecule has 1 aromatic heterocycles.